The lowest BCUT2D eigenvalue weighted by Crippen LogP contribution is -2.14. The van der Waals surface area contributed by atoms with Crippen LogP contribution in [0.5, 0.6) is 0 Å². The van der Waals surface area contributed by atoms with E-state index in [-0.39, 0.29) is 0 Å². The molecule has 1 rings (SSSR count). The van der Waals surface area contributed by atoms with Gasteiger partial charge in [0.15, 0.2) is 0 Å². The lowest BCUT2D eigenvalue weighted by Gasteiger charge is -2.14. The molecule has 4 nitrogen and oxygen atoms in total. The molecule has 0 bridgehead atoms. The van der Waals surface area contributed by atoms with Crippen molar-refractivity contribution in [3.8, 4) is 6.07 Å². The van der Waals surface area contributed by atoms with Gasteiger partial charge in [-0.2, -0.15) is 10.4 Å². The SMILES string of the molecule is C/C=C(\C=C(\C#N)NC)N1CCC(C)=N1. The summed E-state index contributed by atoms with van der Waals surface area (Å²) in [5.74, 6) is 0. The molecule has 0 unspecified atom stereocenters. The average molecular weight is 204 g/mol. The van der Waals surface area contributed by atoms with E-state index in [1.807, 2.05) is 31.0 Å². The van der Waals surface area contributed by atoms with Gasteiger partial charge in [0.25, 0.3) is 0 Å². The molecule has 1 heterocycles. The number of nitrogens with zero attached hydrogens (tertiary/aromatic N) is 3. The minimum atomic E-state index is 0.544. The number of rotatable bonds is 3. The van der Waals surface area contributed by atoms with Gasteiger partial charge in [0.2, 0.25) is 0 Å². The topological polar surface area (TPSA) is 51.4 Å². The van der Waals surface area contributed by atoms with Gasteiger partial charge in [-0.15, -0.1) is 0 Å². The van der Waals surface area contributed by atoms with Crippen LogP contribution in [0, 0.1) is 11.3 Å². The molecule has 0 saturated heterocycles. The fourth-order valence-corrected chi connectivity index (χ4v) is 1.38. The second-order valence-corrected chi connectivity index (χ2v) is 3.34. The normalized spacial score (nSPS) is 17.5. The molecule has 0 aliphatic carbocycles. The predicted molar refractivity (Wildman–Crippen MR) is 60.9 cm³/mol. The van der Waals surface area contributed by atoms with E-state index in [1.54, 1.807) is 7.05 Å². The van der Waals surface area contributed by atoms with E-state index in [9.17, 15) is 0 Å². The summed E-state index contributed by atoms with van der Waals surface area (Å²) in [6, 6.07) is 2.09. The van der Waals surface area contributed by atoms with Crippen LogP contribution in [0.3, 0.4) is 0 Å². The summed E-state index contributed by atoms with van der Waals surface area (Å²) < 4.78 is 0. The van der Waals surface area contributed by atoms with Gasteiger partial charge >= 0.3 is 0 Å². The summed E-state index contributed by atoms with van der Waals surface area (Å²) in [6.45, 7) is 4.85. The Kier molecular flexibility index (Phi) is 3.92. The number of hydrazone groups is 1. The highest BCUT2D eigenvalue weighted by molar-refractivity contribution is 5.83. The van der Waals surface area contributed by atoms with Crippen molar-refractivity contribution < 1.29 is 0 Å². The minimum absolute atomic E-state index is 0.544. The molecule has 1 aliphatic heterocycles. The Hall–Kier alpha value is -1.76. The first-order valence-electron chi connectivity index (χ1n) is 4.98. The van der Waals surface area contributed by atoms with Crippen LogP contribution >= 0.6 is 0 Å². The van der Waals surface area contributed by atoms with Crippen LogP contribution in [0.1, 0.15) is 20.3 Å². The number of hydrogen-bond acceptors (Lipinski definition) is 4. The van der Waals surface area contributed by atoms with Crippen molar-refractivity contribution in [2.45, 2.75) is 20.3 Å². The Morgan fingerprint density at radius 3 is 2.80 bits per heavy atom. The van der Waals surface area contributed by atoms with Crippen LogP contribution < -0.4 is 5.32 Å². The lowest BCUT2D eigenvalue weighted by atomic mass is 10.3. The summed E-state index contributed by atoms with van der Waals surface area (Å²) in [5, 5.41) is 17.9. The highest BCUT2D eigenvalue weighted by atomic mass is 15.5. The third-order valence-corrected chi connectivity index (χ3v) is 2.25. The van der Waals surface area contributed by atoms with E-state index >= 15 is 0 Å². The second-order valence-electron chi connectivity index (χ2n) is 3.34. The summed E-state index contributed by atoms with van der Waals surface area (Å²) in [7, 11) is 1.74. The molecule has 1 N–H and O–H groups in total. The van der Waals surface area contributed by atoms with Gasteiger partial charge < -0.3 is 5.32 Å². The molecule has 0 spiro atoms. The monoisotopic (exact) mass is 204 g/mol. The molecular formula is C11H16N4. The van der Waals surface area contributed by atoms with Crippen LogP contribution in [0.4, 0.5) is 0 Å². The van der Waals surface area contributed by atoms with Crippen LogP contribution in [0.15, 0.2) is 28.6 Å². The highest BCUT2D eigenvalue weighted by Gasteiger charge is 2.13. The Labute approximate surface area is 90.6 Å². The molecule has 15 heavy (non-hydrogen) atoms. The maximum absolute atomic E-state index is 8.80. The molecule has 0 amide bonds. The molecule has 0 fully saturated rings. The Morgan fingerprint density at radius 2 is 2.40 bits per heavy atom. The smallest absolute Gasteiger partial charge is 0.117 e. The zero-order valence-corrected chi connectivity index (χ0v) is 9.41. The average Bonchev–Trinajstić information content (AvgIpc) is 2.67. The molecule has 4 heteroatoms. The van der Waals surface area contributed by atoms with Crippen molar-refractivity contribution >= 4 is 5.71 Å². The molecule has 1 aliphatic rings. The first kappa shape index (κ1) is 11.3. The summed E-state index contributed by atoms with van der Waals surface area (Å²) in [4.78, 5) is 0. The molecule has 0 radical (unpaired) electrons. The van der Waals surface area contributed by atoms with Crippen molar-refractivity contribution in [2.24, 2.45) is 5.10 Å². The fraction of sp³-hybridized carbons (Fsp3) is 0.455. The van der Waals surface area contributed by atoms with Crippen molar-refractivity contribution in [1.29, 1.82) is 5.26 Å². The predicted octanol–water partition coefficient (Wildman–Crippen LogP) is 1.60. The second kappa shape index (κ2) is 5.20. The van der Waals surface area contributed by atoms with Crippen molar-refractivity contribution in [3.63, 3.8) is 0 Å². The maximum atomic E-state index is 8.80. The molecule has 0 aromatic carbocycles. The van der Waals surface area contributed by atoms with Crippen LogP contribution in [0.2, 0.25) is 0 Å². The first-order valence-corrected chi connectivity index (χ1v) is 4.98. The minimum Gasteiger partial charge on any atom is -0.380 e. The van der Waals surface area contributed by atoms with Crippen LogP contribution in [-0.4, -0.2) is 24.3 Å². The zero-order valence-electron chi connectivity index (χ0n) is 9.41. The Morgan fingerprint density at radius 1 is 1.67 bits per heavy atom. The van der Waals surface area contributed by atoms with Gasteiger partial charge in [-0.05, 0) is 19.9 Å². The summed E-state index contributed by atoms with van der Waals surface area (Å²) in [6.07, 6.45) is 4.76. The quantitative estimate of drug-likeness (QED) is 0.561. The first-order chi connectivity index (χ1) is 7.21. The van der Waals surface area contributed by atoms with Gasteiger partial charge in [0.05, 0.1) is 5.70 Å². The number of nitriles is 1. The van der Waals surface area contributed by atoms with E-state index < -0.39 is 0 Å². The highest BCUT2D eigenvalue weighted by Crippen LogP contribution is 2.15. The maximum Gasteiger partial charge on any atom is 0.117 e. The molecule has 0 aromatic heterocycles. The van der Waals surface area contributed by atoms with Gasteiger partial charge in [-0.1, -0.05) is 6.08 Å². The van der Waals surface area contributed by atoms with Gasteiger partial charge in [0.1, 0.15) is 11.8 Å². The van der Waals surface area contributed by atoms with Crippen molar-refractivity contribution in [1.82, 2.24) is 10.3 Å². The standard InChI is InChI=1S/C11H16N4/c1-4-11(7-10(8-12)13-3)15-6-5-9(2)14-15/h4,7,13H,5-6H2,1-3H3/b10-7-,11-4+. The molecular weight excluding hydrogens is 188 g/mol. The van der Waals surface area contributed by atoms with E-state index in [4.69, 9.17) is 5.26 Å². The van der Waals surface area contributed by atoms with Crippen molar-refractivity contribution in [2.75, 3.05) is 13.6 Å². The van der Waals surface area contributed by atoms with Crippen LogP contribution in [0.25, 0.3) is 0 Å². The molecule has 0 saturated carbocycles. The zero-order chi connectivity index (χ0) is 11.3. The van der Waals surface area contributed by atoms with Gasteiger partial charge in [0, 0.05) is 25.7 Å². The van der Waals surface area contributed by atoms with Gasteiger partial charge in [-0.25, -0.2) is 0 Å². The number of hydrogen-bond donors (Lipinski definition) is 1. The largest absolute Gasteiger partial charge is 0.380 e. The lowest BCUT2D eigenvalue weighted by molar-refractivity contribution is 0.413. The fourth-order valence-electron chi connectivity index (χ4n) is 1.38. The number of allylic oxidation sites excluding steroid dienone is 3. The molecule has 80 valence electrons. The van der Waals surface area contributed by atoms with E-state index in [1.165, 1.54) is 0 Å². The van der Waals surface area contributed by atoms with Crippen LogP contribution in [-0.2, 0) is 0 Å². The number of nitrogens with one attached hydrogen (secondary N) is 1. The Bertz CT molecular complexity index is 357. The summed E-state index contributed by atoms with van der Waals surface area (Å²) in [5.41, 5.74) is 2.63. The summed E-state index contributed by atoms with van der Waals surface area (Å²) >= 11 is 0. The van der Waals surface area contributed by atoms with Crippen molar-refractivity contribution in [3.05, 3.63) is 23.5 Å². The molecule has 0 atom stereocenters. The molecule has 0 aromatic rings. The third-order valence-electron chi connectivity index (χ3n) is 2.25. The van der Waals surface area contributed by atoms with E-state index in [2.05, 4.69) is 16.5 Å². The van der Waals surface area contributed by atoms with Gasteiger partial charge in [-0.3, -0.25) is 5.01 Å². The third kappa shape index (κ3) is 2.84. The van der Waals surface area contributed by atoms with E-state index in [0.717, 1.165) is 24.4 Å². The Balaban J connectivity index is 2.83. The van der Waals surface area contributed by atoms with E-state index in [0.29, 0.717) is 5.70 Å².